The summed E-state index contributed by atoms with van der Waals surface area (Å²) in [5, 5.41) is 0. The van der Waals surface area contributed by atoms with Crippen LogP contribution in [0, 0.1) is 0 Å². The highest BCUT2D eigenvalue weighted by Gasteiger charge is 2.11. The van der Waals surface area contributed by atoms with Gasteiger partial charge in [0.05, 0.1) is 0 Å². The minimum atomic E-state index is 0.537. The summed E-state index contributed by atoms with van der Waals surface area (Å²) in [5.74, 6) is 0. The van der Waals surface area contributed by atoms with Gasteiger partial charge in [-0.15, -0.1) is 0 Å². The molecule has 0 aliphatic carbocycles. The standard InChI is InChI=1S/C19H31Br/c1-4-7-8-9-10-11-12-19(20)18-15-16(5-2)13-14-17(18)6-3/h13-15,19H,4-12H2,1-3H3. The summed E-state index contributed by atoms with van der Waals surface area (Å²) in [6.07, 6.45) is 11.8. The van der Waals surface area contributed by atoms with E-state index in [1.165, 1.54) is 61.6 Å². The molecule has 1 aromatic carbocycles. The summed E-state index contributed by atoms with van der Waals surface area (Å²) in [5.41, 5.74) is 4.50. The molecule has 0 bridgehead atoms. The fourth-order valence-corrected chi connectivity index (χ4v) is 3.49. The Hall–Kier alpha value is -0.300. The van der Waals surface area contributed by atoms with Crippen LogP contribution in [0.25, 0.3) is 0 Å². The van der Waals surface area contributed by atoms with Gasteiger partial charge in [0.25, 0.3) is 0 Å². The van der Waals surface area contributed by atoms with Gasteiger partial charge in [0, 0.05) is 4.83 Å². The summed E-state index contributed by atoms with van der Waals surface area (Å²) in [4.78, 5) is 0.537. The molecule has 0 radical (unpaired) electrons. The van der Waals surface area contributed by atoms with E-state index in [4.69, 9.17) is 0 Å². The van der Waals surface area contributed by atoms with Crippen LogP contribution in [-0.2, 0) is 12.8 Å². The lowest BCUT2D eigenvalue weighted by molar-refractivity contribution is 0.587. The molecule has 0 nitrogen and oxygen atoms in total. The highest BCUT2D eigenvalue weighted by molar-refractivity contribution is 9.09. The fraction of sp³-hybridized carbons (Fsp3) is 0.684. The second kappa shape index (κ2) is 10.4. The number of alkyl halides is 1. The van der Waals surface area contributed by atoms with E-state index in [-0.39, 0.29) is 0 Å². The summed E-state index contributed by atoms with van der Waals surface area (Å²) >= 11 is 3.92. The number of hydrogen-bond acceptors (Lipinski definition) is 0. The van der Waals surface area contributed by atoms with Crippen LogP contribution in [0.4, 0.5) is 0 Å². The zero-order chi connectivity index (χ0) is 14.8. The Morgan fingerprint density at radius 3 is 2.25 bits per heavy atom. The van der Waals surface area contributed by atoms with Crippen molar-refractivity contribution >= 4 is 15.9 Å². The Morgan fingerprint density at radius 1 is 0.900 bits per heavy atom. The predicted octanol–water partition coefficient (Wildman–Crippen LogP) is 7.00. The number of halogens is 1. The fourth-order valence-electron chi connectivity index (χ4n) is 2.74. The average molecular weight is 339 g/mol. The van der Waals surface area contributed by atoms with Gasteiger partial charge in [-0.3, -0.25) is 0 Å². The molecule has 0 fully saturated rings. The predicted molar refractivity (Wildman–Crippen MR) is 94.9 cm³/mol. The van der Waals surface area contributed by atoms with Crippen LogP contribution in [0.5, 0.6) is 0 Å². The lowest BCUT2D eigenvalue weighted by Crippen LogP contribution is -1.98. The topological polar surface area (TPSA) is 0 Å². The Bertz CT molecular complexity index is 370. The lowest BCUT2D eigenvalue weighted by Gasteiger charge is -2.16. The Morgan fingerprint density at radius 2 is 1.60 bits per heavy atom. The van der Waals surface area contributed by atoms with Crippen LogP contribution in [0.1, 0.15) is 87.2 Å². The lowest BCUT2D eigenvalue weighted by atomic mass is 9.96. The van der Waals surface area contributed by atoms with Crippen LogP contribution < -0.4 is 0 Å². The molecular formula is C19H31Br. The van der Waals surface area contributed by atoms with Gasteiger partial charge in [-0.1, -0.05) is 93.4 Å². The second-order valence-electron chi connectivity index (χ2n) is 5.76. The first kappa shape index (κ1) is 17.8. The van der Waals surface area contributed by atoms with Crippen molar-refractivity contribution in [1.82, 2.24) is 0 Å². The molecule has 0 aliphatic heterocycles. The molecule has 0 N–H and O–H groups in total. The smallest absolute Gasteiger partial charge is 0.0398 e. The molecule has 1 heteroatoms. The molecule has 20 heavy (non-hydrogen) atoms. The van der Waals surface area contributed by atoms with Crippen molar-refractivity contribution in [1.29, 1.82) is 0 Å². The first-order valence-electron chi connectivity index (χ1n) is 8.48. The number of aryl methyl sites for hydroxylation is 2. The van der Waals surface area contributed by atoms with Crippen LogP contribution >= 0.6 is 15.9 Å². The van der Waals surface area contributed by atoms with Crippen LogP contribution in [-0.4, -0.2) is 0 Å². The normalized spacial score (nSPS) is 12.6. The first-order chi connectivity index (χ1) is 9.72. The maximum Gasteiger partial charge on any atom is 0.0398 e. The maximum atomic E-state index is 3.92. The molecule has 0 heterocycles. The zero-order valence-corrected chi connectivity index (χ0v) is 15.1. The third-order valence-corrected chi connectivity index (χ3v) is 5.10. The molecule has 1 rings (SSSR count). The summed E-state index contributed by atoms with van der Waals surface area (Å²) in [6, 6.07) is 7.02. The molecule has 114 valence electrons. The molecule has 0 amide bonds. The van der Waals surface area contributed by atoms with Crippen molar-refractivity contribution in [3.8, 4) is 0 Å². The zero-order valence-electron chi connectivity index (χ0n) is 13.6. The molecule has 0 aromatic heterocycles. The van der Waals surface area contributed by atoms with Gasteiger partial charge in [0.2, 0.25) is 0 Å². The first-order valence-corrected chi connectivity index (χ1v) is 9.40. The quantitative estimate of drug-likeness (QED) is 0.318. The molecule has 1 atom stereocenters. The van der Waals surface area contributed by atoms with Crippen molar-refractivity contribution < 1.29 is 0 Å². The summed E-state index contributed by atoms with van der Waals surface area (Å²) in [6.45, 7) is 6.78. The highest BCUT2D eigenvalue weighted by Crippen LogP contribution is 2.32. The van der Waals surface area contributed by atoms with E-state index in [1.807, 2.05) is 0 Å². The van der Waals surface area contributed by atoms with Crippen LogP contribution in [0.15, 0.2) is 18.2 Å². The average Bonchev–Trinajstić information content (AvgIpc) is 2.49. The van der Waals surface area contributed by atoms with Gasteiger partial charge in [-0.25, -0.2) is 0 Å². The Kier molecular flexibility index (Phi) is 9.26. The van der Waals surface area contributed by atoms with Crippen molar-refractivity contribution in [2.24, 2.45) is 0 Å². The van der Waals surface area contributed by atoms with Gasteiger partial charge < -0.3 is 0 Å². The van der Waals surface area contributed by atoms with Gasteiger partial charge in [0.15, 0.2) is 0 Å². The van der Waals surface area contributed by atoms with Crippen molar-refractivity contribution in [3.63, 3.8) is 0 Å². The van der Waals surface area contributed by atoms with E-state index in [0.717, 1.165) is 12.8 Å². The maximum absolute atomic E-state index is 3.92. The molecule has 0 aliphatic rings. The van der Waals surface area contributed by atoms with E-state index < -0.39 is 0 Å². The number of unbranched alkanes of at least 4 members (excludes halogenated alkanes) is 5. The Labute approximate surface area is 134 Å². The monoisotopic (exact) mass is 338 g/mol. The molecule has 0 saturated carbocycles. The minimum absolute atomic E-state index is 0.537. The van der Waals surface area contributed by atoms with Gasteiger partial charge >= 0.3 is 0 Å². The van der Waals surface area contributed by atoms with E-state index in [2.05, 4.69) is 54.9 Å². The van der Waals surface area contributed by atoms with Crippen molar-refractivity contribution in [2.75, 3.05) is 0 Å². The number of benzene rings is 1. The number of rotatable bonds is 10. The van der Waals surface area contributed by atoms with Crippen molar-refractivity contribution in [3.05, 3.63) is 34.9 Å². The van der Waals surface area contributed by atoms with Gasteiger partial charge in [-0.05, 0) is 36.0 Å². The molecule has 0 saturated heterocycles. The highest BCUT2D eigenvalue weighted by atomic mass is 79.9. The van der Waals surface area contributed by atoms with Gasteiger partial charge in [-0.2, -0.15) is 0 Å². The second-order valence-corrected chi connectivity index (χ2v) is 6.87. The third-order valence-electron chi connectivity index (χ3n) is 4.15. The largest absolute Gasteiger partial charge is 0.0839 e. The molecule has 0 spiro atoms. The van der Waals surface area contributed by atoms with Crippen LogP contribution in [0.3, 0.4) is 0 Å². The number of hydrogen-bond donors (Lipinski definition) is 0. The van der Waals surface area contributed by atoms with Crippen molar-refractivity contribution in [2.45, 2.75) is 83.4 Å². The SMILES string of the molecule is CCCCCCCCC(Br)c1cc(CC)ccc1CC. The summed E-state index contributed by atoms with van der Waals surface area (Å²) < 4.78 is 0. The molecule has 1 unspecified atom stereocenters. The van der Waals surface area contributed by atoms with E-state index in [0.29, 0.717) is 4.83 Å². The molecule has 1 aromatic rings. The Balaban J connectivity index is 2.47. The molecular weight excluding hydrogens is 308 g/mol. The van der Waals surface area contributed by atoms with E-state index in [1.54, 1.807) is 0 Å². The minimum Gasteiger partial charge on any atom is -0.0839 e. The summed E-state index contributed by atoms with van der Waals surface area (Å²) in [7, 11) is 0. The van der Waals surface area contributed by atoms with E-state index >= 15 is 0 Å². The van der Waals surface area contributed by atoms with Gasteiger partial charge in [0.1, 0.15) is 0 Å². The third kappa shape index (κ3) is 5.99. The van der Waals surface area contributed by atoms with E-state index in [9.17, 15) is 0 Å². The van der Waals surface area contributed by atoms with Crippen LogP contribution in [0.2, 0.25) is 0 Å².